The summed E-state index contributed by atoms with van der Waals surface area (Å²) in [7, 11) is -3.42. The molecule has 0 unspecified atom stereocenters. The molecule has 2 N–H and O–H groups in total. The van der Waals surface area contributed by atoms with Gasteiger partial charge in [-0.15, -0.1) is 11.8 Å². The number of nitrogens with one attached hydrogen (secondary N) is 2. The van der Waals surface area contributed by atoms with Crippen LogP contribution in [-0.2, 0) is 10.0 Å². The highest BCUT2D eigenvalue weighted by Crippen LogP contribution is 2.23. The van der Waals surface area contributed by atoms with Crippen molar-refractivity contribution < 1.29 is 8.42 Å². The molecule has 2 rings (SSSR count). The fourth-order valence-electron chi connectivity index (χ4n) is 2.86. The van der Waals surface area contributed by atoms with E-state index < -0.39 is 10.0 Å². The van der Waals surface area contributed by atoms with Crippen LogP contribution in [0, 0.1) is 0 Å². The lowest BCUT2D eigenvalue weighted by Crippen LogP contribution is -2.37. The smallest absolute Gasteiger partial charge is 0.241 e. The first-order valence-corrected chi connectivity index (χ1v) is 10.7. The predicted octanol–water partition coefficient (Wildman–Crippen LogP) is 3.00. The van der Waals surface area contributed by atoms with E-state index in [2.05, 4.69) is 10.0 Å². The van der Waals surface area contributed by atoms with Crippen LogP contribution < -0.4 is 10.0 Å². The Morgan fingerprint density at radius 1 is 1.09 bits per heavy atom. The van der Waals surface area contributed by atoms with Gasteiger partial charge in [-0.3, -0.25) is 0 Å². The molecular formula is C16H26N2O2S2. The Hall–Kier alpha value is -0.560. The molecule has 0 aromatic heterocycles. The van der Waals surface area contributed by atoms with Gasteiger partial charge in [-0.05, 0) is 31.2 Å². The zero-order valence-corrected chi connectivity index (χ0v) is 14.8. The molecule has 0 aliphatic heterocycles. The monoisotopic (exact) mass is 342 g/mol. The Morgan fingerprint density at radius 3 is 2.45 bits per heavy atom. The van der Waals surface area contributed by atoms with E-state index in [0.29, 0.717) is 24.0 Å². The highest BCUT2D eigenvalue weighted by Gasteiger charge is 2.17. The van der Waals surface area contributed by atoms with Crippen molar-refractivity contribution in [3.63, 3.8) is 0 Å². The maximum absolute atomic E-state index is 12.4. The van der Waals surface area contributed by atoms with Crippen molar-refractivity contribution in [2.24, 2.45) is 0 Å². The molecule has 0 heterocycles. The average Bonchev–Trinajstić information content (AvgIpc) is 2.80. The van der Waals surface area contributed by atoms with Gasteiger partial charge in [0.05, 0.1) is 4.90 Å². The van der Waals surface area contributed by atoms with Crippen LogP contribution in [0.1, 0.15) is 38.5 Å². The molecule has 6 heteroatoms. The third-order valence-electron chi connectivity index (χ3n) is 4.06. The number of rotatable bonds is 7. The van der Waals surface area contributed by atoms with Gasteiger partial charge in [-0.25, -0.2) is 13.1 Å². The summed E-state index contributed by atoms with van der Waals surface area (Å²) in [6.45, 7) is 1.12. The Balaban J connectivity index is 1.82. The fourth-order valence-corrected chi connectivity index (χ4v) is 5.04. The first kappa shape index (κ1) is 17.8. The van der Waals surface area contributed by atoms with E-state index in [-0.39, 0.29) is 0 Å². The third kappa shape index (κ3) is 5.26. The maximum Gasteiger partial charge on any atom is 0.241 e. The summed E-state index contributed by atoms with van der Waals surface area (Å²) in [4.78, 5) is 1.16. The molecule has 124 valence electrons. The van der Waals surface area contributed by atoms with Crippen LogP contribution in [0.3, 0.4) is 0 Å². The van der Waals surface area contributed by atoms with Gasteiger partial charge >= 0.3 is 0 Å². The van der Waals surface area contributed by atoms with Crippen molar-refractivity contribution in [1.82, 2.24) is 10.0 Å². The minimum atomic E-state index is -3.42. The van der Waals surface area contributed by atoms with Gasteiger partial charge in [0.25, 0.3) is 0 Å². The number of thioether (sulfide) groups is 1. The lowest BCUT2D eigenvalue weighted by molar-refractivity contribution is 0.461. The van der Waals surface area contributed by atoms with Crippen LogP contribution in [0.25, 0.3) is 0 Å². The summed E-state index contributed by atoms with van der Waals surface area (Å²) in [6.07, 6.45) is 9.54. The highest BCUT2D eigenvalue weighted by molar-refractivity contribution is 7.99. The molecule has 0 amide bonds. The number of hydrogen-bond acceptors (Lipinski definition) is 4. The van der Waals surface area contributed by atoms with Gasteiger partial charge in [0, 0.05) is 24.0 Å². The largest absolute Gasteiger partial charge is 0.313 e. The van der Waals surface area contributed by atoms with E-state index in [1.165, 1.54) is 50.3 Å². The van der Waals surface area contributed by atoms with Gasteiger partial charge < -0.3 is 5.32 Å². The second-order valence-electron chi connectivity index (χ2n) is 5.69. The molecular weight excluding hydrogens is 316 g/mol. The highest BCUT2D eigenvalue weighted by atomic mass is 32.2. The summed E-state index contributed by atoms with van der Waals surface area (Å²) in [5.74, 6) is 0. The maximum atomic E-state index is 12.4. The van der Waals surface area contributed by atoms with Gasteiger partial charge in [0.2, 0.25) is 10.0 Å². The Kier molecular flexibility index (Phi) is 7.21. The van der Waals surface area contributed by atoms with E-state index in [9.17, 15) is 8.42 Å². The molecule has 0 bridgehead atoms. The topological polar surface area (TPSA) is 58.2 Å². The Labute approximate surface area is 138 Å². The van der Waals surface area contributed by atoms with Crippen LogP contribution in [0.2, 0.25) is 0 Å². The molecule has 0 spiro atoms. The first-order chi connectivity index (χ1) is 10.6. The lowest BCUT2D eigenvalue weighted by atomic mass is 10.1. The zero-order valence-electron chi connectivity index (χ0n) is 13.2. The molecule has 0 atom stereocenters. The molecule has 1 aromatic rings. The Morgan fingerprint density at radius 2 is 1.77 bits per heavy atom. The number of benzene rings is 1. The van der Waals surface area contributed by atoms with Crippen molar-refractivity contribution in [3.8, 4) is 0 Å². The van der Waals surface area contributed by atoms with Crippen LogP contribution in [0.15, 0.2) is 34.1 Å². The average molecular weight is 343 g/mol. The van der Waals surface area contributed by atoms with Crippen molar-refractivity contribution in [3.05, 3.63) is 24.3 Å². The fraction of sp³-hybridized carbons (Fsp3) is 0.625. The minimum Gasteiger partial charge on any atom is -0.313 e. The normalized spacial score (nSPS) is 17.3. The molecule has 22 heavy (non-hydrogen) atoms. The van der Waals surface area contributed by atoms with Crippen molar-refractivity contribution in [2.45, 2.75) is 54.4 Å². The Bertz CT molecular complexity index is 553. The van der Waals surface area contributed by atoms with Crippen molar-refractivity contribution in [1.29, 1.82) is 0 Å². The van der Waals surface area contributed by atoms with Crippen molar-refractivity contribution >= 4 is 21.8 Å². The van der Waals surface area contributed by atoms with E-state index in [0.717, 1.165) is 4.90 Å². The molecule has 1 fully saturated rings. The summed E-state index contributed by atoms with van der Waals surface area (Å²) in [5, 5.41) is 3.48. The molecule has 1 aromatic carbocycles. The standard InChI is InChI=1S/C16H26N2O2S2/c1-21-15-10-6-7-11-16(15)22(19,20)18-13-12-17-14-8-4-2-3-5-9-14/h6-7,10-11,14,17-18H,2-5,8-9,12-13H2,1H3. The minimum absolute atomic E-state index is 0.372. The van der Waals surface area contributed by atoms with Gasteiger partial charge in [0.1, 0.15) is 0 Å². The van der Waals surface area contributed by atoms with Crippen LogP contribution in [-0.4, -0.2) is 33.8 Å². The SMILES string of the molecule is CSc1ccccc1S(=O)(=O)NCCNC1CCCCCC1. The van der Waals surface area contributed by atoms with Crippen LogP contribution in [0.5, 0.6) is 0 Å². The molecule has 0 radical (unpaired) electrons. The van der Waals surface area contributed by atoms with Crippen LogP contribution in [0.4, 0.5) is 0 Å². The third-order valence-corrected chi connectivity index (χ3v) is 6.51. The first-order valence-electron chi connectivity index (χ1n) is 7.99. The summed E-state index contributed by atoms with van der Waals surface area (Å²) < 4.78 is 27.4. The summed E-state index contributed by atoms with van der Waals surface area (Å²) in [6, 6.07) is 7.66. The van der Waals surface area contributed by atoms with Crippen LogP contribution >= 0.6 is 11.8 Å². The van der Waals surface area contributed by atoms with E-state index in [1.54, 1.807) is 12.1 Å². The number of sulfonamides is 1. The quantitative estimate of drug-likeness (QED) is 0.454. The molecule has 1 aliphatic rings. The molecule has 1 aliphatic carbocycles. The number of hydrogen-bond donors (Lipinski definition) is 2. The lowest BCUT2D eigenvalue weighted by Gasteiger charge is -2.16. The van der Waals surface area contributed by atoms with Crippen molar-refractivity contribution in [2.75, 3.05) is 19.3 Å². The molecule has 1 saturated carbocycles. The molecule has 4 nitrogen and oxygen atoms in total. The van der Waals surface area contributed by atoms with E-state index >= 15 is 0 Å². The molecule has 0 saturated heterocycles. The summed E-state index contributed by atoms with van der Waals surface area (Å²) in [5.41, 5.74) is 0. The second kappa shape index (κ2) is 8.91. The van der Waals surface area contributed by atoms with Gasteiger partial charge in [-0.1, -0.05) is 37.8 Å². The van der Waals surface area contributed by atoms with E-state index in [1.807, 2.05) is 18.4 Å². The zero-order chi connectivity index (χ0) is 15.8. The van der Waals surface area contributed by atoms with E-state index in [4.69, 9.17) is 0 Å². The second-order valence-corrected chi connectivity index (χ2v) is 8.27. The summed E-state index contributed by atoms with van der Waals surface area (Å²) >= 11 is 1.45. The predicted molar refractivity (Wildman–Crippen MR) is 92.9 cm³/mol. The van der Waals surface area contributed by atoms with Gasteiger partial charge in [-0.2, -0.15) is 0 Å². The van der Waals surface area contributed by atoms with Gasteiger partial charge in [0.15, 0.2) is 0 Å².